The highest BCUT2D eigenvalue weighted by Gasteiger charge is 1.99. The van der Waals surface area contributed by atoms with Crippen molar-refractivity contribution >= 4 is 34.6 Å². The van der Waals surface area contributed by atoms with Gasteiger partial charge in [0.2, 0.25) is 0 Å². The van der Waals surface area contributed by atoms with Crippen molar-refractivity contribution < 1.29 is 0 Å². The first-order valence-electron chi connectivity index (χ1n) is 6.49. The molecule has 0 aliphatic heterocycles. The lowest BCUT2D eigenvalue weighted by atomic mass is 10.1. The fourth-order valence-electron chi connectivity index (χ4n) is 1.91. The molecule has 0 unspecified atom stereocenters. The van der Waals surface area contributed by atoms with E-state index in [2.05, 4.69) is 35.8 Å². The number of hydrogen-bond acceptors (Lipinski definition) is 1. The second-order valence-electron chi connectivity index (χ2n) is 4.63. The molecule has 2 N–H and O–H groups in total. The molecule has 2 aromatic rings. The highest BCUT2D eigenvalue weighted by Crippen LogP contribution is 2.11. The number of anilines is 1. The van der Waals surface area contributed by atoms with E-state index in [-0.39, 0.29) is 0 Å². The van der Waals surface area contributed by atoms with Gasteiger partial charge in [-0.3, -0.25) is 0 Å². The summed E-state index contributed by atoms with van der Waals surface area (Å²) in [5.74, 6) is 0. The number of aryl methyl sites for hydroxylation is 1. The summed E-state index contributed by atoms with van der Waals surface area (Å²) in [6.07, 6.45) is 0.885. The normalized spacial score (nSPS) is 10.1. The van der Waals surface area contributed by atoms with E-state index in [1.807, 2.05) is 30.3 Å². The third-order valence-electron chi connectivity index (χ3n) is 2.86. The zero-order valence-electron chi connectivity index (χ0n) is 11.3. The number of nitrogens with one attached hydrogen (secondary N) is 2. The average molecular weight is 305 g/mol. The Kier molecular flexibility index (Phi) is 5.39. The fourth-order valence-corrected chi connectivity index (χ4v) is 2.34. The van der Waals surface area contributed by atoms with Gasteiger partial charge in [0, 0.05) is 17.3 Å². The standard InChI is InChI=1S/C16H17ClN2S/c1-12-4-2-7-15(10-12)19-16(20)18-9-8-13-5-3-6-14(17)11-13/h2-7,10-11H,8-9H2,1H3,(H2,18,19,20). The Labute approximate surface area is 130 Å². The number of benzene rings is 2. The molecule has 0 aliphatic carbocycles. The smallest absolute Gasteiger partial charge is 0.170 e. The van der Waals surface area contributed by atoms with Crippen molar-refractivity contribution in [3.8, 4) is 0 Å². The highest BCUT2D eigenvalue weighted by molar-refractivity contribution is 7.80. The van der Waals surface area contributed by atoms with Gasteiger partial charge in [-0.15, -0.1) is 0 Å². The molecule has 0 fully saturated rings. The zero-order valence-corrected chi connectivity index (χ0v) is 12.9. The topological polar surface area (TPSA) is 24.1 Å². The van der Waals surface area contributed by atoms with E-state index in [4.69, 9.17) is 23.8 Å². The van der Waals surface area contributed by atoms with Gasteiger partial charge in [-0.25, -0.2) is 0 Å². The van der Waals surface area contributed by atoms with Crippen LogP contribution in [0.2, 0.25) is 5.02 Å². The van der Waals surface area contributed by atoms with Crippen molar-refractivity contribution in [2.24, 2.45) is 0 Å². The van der Waals surface area contributed by atoms with Gasteiger partial charge in [0.15, 0.2) is 5.11 Å². The van der Waals surface area contributed by atoms with Crippen LogP contribution in [0.5, 0.6) is 0 Å². The van der Waals surface area contributed by atoms with E-state index in [1.54, 1.807) is 0 Å². The van der Waals surface area contributed by atoms with Crippen LogP contribution in [0.4, 0.5) is 5.69 Å². The largest absolute Gasteiger partial charge is 0.362 e. The molecule has 0 spiro atoms. The SMILES string of the molecule is Cc1cccc(NC(=S)NCCc2cccc(Cl)c2)c1. The van der Waals surface area contributed by atoms with Crippen LogP contribution < -0.4 is 10.6 Å². The van der Waals surface area contributed by atoms with Crippen LogP contribution in [0.3, 0.4) is 0 Å². The Morgan fingerprint density at radius 3 is 2.70 bits per heavy atom. The first-order valence-corrected chi connectivity index (χ1v) is 7.28. The van der Waals surface area contributed by atoms with Gasteiger partial charge in [-0.2, -0.15) is 0 Å². The molecular formula is C16H17ClN2S. The summed E-state index contributed by atoms with van der Waals surface area (Å²) in [5, 5.41) is 7.77. The van der Waals surface area contributed by atoms with Crippen molar-refractivity contribution in [3.05, 3.63) is 64.7 Å². The molecule has 104 valence electrons. The van der Waals surface area contributed by atoms with Gasteiger partial charge in [-0.05, 0) is 61.0 Å². The van der Waals surface area contributed by atoms with Gasteiger partial charge >= 0.3 is 0 Å². The molecule has 0 bridgehead atoms. The quantitative estimate of drug-likeness (QED) is 0.829. The van der Waals surface area contributed by atoms with Crippen LogP contribution in [-0.2, 0) is 6.42 Å². The van der Waals surface area contributed by atoms with Crippen LogP contribution in [-0.4, -0.2) is 11.7 Å². The van der Waals surface area contributed by atoms with Crippen molar-refractivity contribution in [2.75, 3.05) is 11.9 Å². The molecular weight excluding hydrogens is 288 g/mol. The van der Waals surface area contributed by atoms with Crippen molar-refractivity contribution in [1.29, 1.82) is 0 Å². The van der Waals surface area contributed by atoms with E-state index < -0.39 is 0 Å². The first-order chi connectivity index (χ1) is 9.63. The molecule has 0 saturated heterocycles. The molecule has 0 aromatic heterocycles. The van der Waals surface area contributed by atoms with Crippen LogP contribution >= 0.6 is 23.8 Å². The predicted octanol–water partition coefficient (Wildman–Crippen LogP) is 4.18. The van der Waals surface area contributed by atoms with Crippen LogP contribution in [0.25, 0.3) is 0 Å². The summed E-state index contributed by atoms with van der Waals surface area (Å²) in [5.41, 5.74) is 3.41. The Morgan fingerprint density at radius 1 is 1.15 bits per heavy atom. The Morgan fingerprint density at radius 2 is 1.95 bits per heavy atom. The van der Waals surface area contributed by atoms with Gasteiger partial charge in [-0.1, -0.05) is 35.9 Å². The lowest BCUT2D eigenvalue weighted by Crippen LogP contribution is -2.30. The zero-order chi connectivity index (χ0) is 14.4. The minimum Gasteiger partial charge on any atom is -0.362 e. The molecule has 0 saturated carbocycles. The second kappa shape index (κ2) is 7.27. The van der Waals surface area contributed by atoms with Crippen molar-refractivity contribution in [1.82, 2.24) is 5.32 Å². The molecule has 0 radical (unpaired) electrons. The van der Waals surface area contributed by atoms with Gasteiger partial charge < -0.3 is 10.6 Å². The maximum absolute atomic E-state index is 5.95. The summed E-state index contributed by atoms with van der Waals surface area (Å²) in [7, 11) is 0. The van der Waals surface area contributed by atoms with Crippen LogP contribution in [0.15, 0.2) is 48.5 Å². The molecule has 4 heteroatoms. The second-order valence-corrected chi connectivity index (χ2v) is 5.47. The molecule has 0 heterocycles. The van der Waals surface area contributed by atoms with Crippen molar-refractivity contribution in [2.45, 2.75) is 13.3 Å². The minimum absolute atomic E-state index is 0.637. The molecule has 0 aliphatic rings. The van der Waals surface area contributed by atoms with Gasteiger partial charge in [0.05, 0.1) is 0 Å². The van der Waals surface area contributed by atoms with E-state index in [1.165, 1.54) is 11.1 Å². The lowest BCUT2D eigenvalue weighted by molar-refractivity contribution is 0.873. The average Bonchev–Trinajstić information content (AvgIpc) is 2.38. The summed E-state index contributed by atoms with van der Waals surface area (Å²) >= 11 is 11.2. The Hall–Kier alpha value is -1.58. The third-order valence-corrected chi connectivity index (χ3v) is 3.35. The molecule has 2 rings (SSSR count). The molecule has 2 nitrogen and oxygen atoms in total. The molecule has 0 amide bonds. The van der Waals surface area contributed by atoms with E-state index in [9.17, 15) is 0 Å². The third kappa shape index (κ3) is 4.83. The van der Waals surface area contributed by atoms with Crippen molar-refractivity contribution in [3.63, 3.8) is 0 Å². The van der Waals surface area contributed by atoms with Gasteiger partial charge in [0.25, 0.3) is 0 Å². The summed E-state index contributed by atoms with van der Waals surface area (Å²) < 4.78 is 0. The fraction of sp³-hybridized carbons (Fsp3) is 0.188. The molecule has 2 aromatic carbocycles. The van der Waals surface area contributed by atoms with Gasteiger partial charge in [0.1, 0.15) is 0 Å². The minimum atomic E-state index is 0.637. The number of thiocarbonyl (C=S) groups is 1. The molecule has 20 heavy (non-hydrogen) atoms. The summed E-state index contributed by atoms with van der Waals surface area (Å²) in [6.45, 7) is 2.83. The Bertz CT molecular complexity index is 599. The number of hydrogen-bond donors (Lipinski definition) is 2. The van der Waals surface area contributed by atoms with Crippen LogP contribution in [0.1, 0.15) is 11.1 Å². The van der Waals surface area contributed by atoms with E-state index >= 15 is 0 Å². The monoisotopic (exact) mass is 304 g/mol. The highest BCUT2D eigenvalue weighted by atomic mass is 35.5. The first kappa shape index (κ1) is 14.8. The number of halogens is 1. The molecule has 0 atom stereocenters. The van der Waals surface area contributed by atoms with E-state index in [0.717, 1.165) is 23.7 Å². The number of rotatable bonds is 4. The maximum Gasteiger partial charge on any atom is 0.170 e. The summed E-state index contributed by atoms with van der Waals surface area (Å²) in [4.78, 5) is 0. The maximum atomic E-state index is 5.95. The lowest BCUT2D eigenvalue weighted by Gasteiger charge is -2.11. The summed E-state index contributed by atoms with van der Waals surface area (Å²) in [6, 6.07) is 16.0. The van der Waals surface area contributed by atoms with Crippen LogP contribution in [0, 0.1) is 6.92 Å². The Balaban J connectivity index is 1.78. The van der Waals surface area contributed by atoms with E-state index in [0.29, 0.717) is 5.11 Å². The predicted molar refractivity (Wildman–Crippen MR) is 90.6 cm³/mol.